The predicted molar refractivity (Wildman–Crippen MR) is 65.0 cm³/mol. The molecule has 0 aromatic carbocycles. The zero-order valence-corrected chi connectivity index (χ0v) is 9.29. The van der Waals surface area contributed by atoms with Gasteiger partial charge in [-0.1, -0.05) is 0 Å². The maximum atomic E-state index is 5.80. The van der Waals surface area contributed by atoms with Crippen molar-refractivity contribution in [2.45, 2.75) is 13.0 Å². The normalized spacial score (nSPS) is 12.3. The summed E-state index contributed by atoms with van der Waals surface area (Å²) in [5.74, 6) is 0. The highest BCUT2D eigenvalue weighted by Gasteiger charge is 2.06. The standard InChI is InChI=1S/C11H13N3S/c1-8(9-3-5-15-7-9)14-11-2-4-13-6-10(11)12/h2-8H,12H2,1H3,(H,13,14). The first kappa shape index (κ1) is 9.98. The van der Waals surface area contributed by atoms with Crippen LogP contribution in [0.5, 0.6) is 0 Å². The third-order valence-electron chi connectivity index (χ3n) is 2.27. The van der Waals surface area contributed by atoms with Crippen molar-refractivity contribution < 1.29 is 0 Å². The van der Waals surface area contributed by atoms with Gasteiger partial charge in [-0.15, -0.1) is 0 Å². The Morgan fingerprint density at radius 2 is 2.33 bits per heavy atom. The summed E-state index contributed by atoms with van der Waals surface area (Å²) in [4.78, 5) is 3.95. The van der Waals surface area contributed by atoms with Crippen LogP contribution in [-0.2, 0) is 0 Å². The Hall–Kier alpha value is -1.55. The minimum absolute atomic E-state index is 0.265. The molecule has 0 saturated heterocycles. The van der Waals surface area contributed by atoms with Gasteiger partial charge in [-0.2, -0.15) is 11.3 Å². The molecule has 1 unspecified atom stereocenters. The minimum atomic E-state index is 0.265. The van der Waals surface area contributed by atoms with Gasteiger partial charge >= 0.3 is 0 Å². The third-order valence-corrected chi connectivity index (χ3v) is 2.97. The molecular weight excluding hydrogens is 206 g/mol. The fourth-order valence-corrected chi connectivity index (χ4v) is 2.13. The molecule has 0 fully saturated rings. The Morgan fingerprint density at radius 1 is 1.47 bits per heavy atom. The molecule has 78 valence electrons. The monoisotopic (exact) mass is 219 g/mol. The lowest BCUT2D eigenvalue weighted by Crippen LogP contribution is -2.07. The number of rotatable bonds is 3. The van der Waals surface area contributed by atoms with Gasteiger partial charge in [0.1, 0.15) is 0 Å². The number of hydrogen-bond acceptors (Lipinski definition) is 4. The fourth-order valence-electron chi connectivity index (χ4n) is 1.38. The Bertz CT molecular complexity index is 425. The molecule has 0 bridgehead atoms. The lowest BCUT2D eigenvalue weighted by molar-refractivity contribution is 0.890. The van der Waals surface area contributed by atoms with Crippen LogP contribution in [0.2, 0.25) is 0 Å². The molecule has 4 heteroatoms. The lowest BCUT2D eigenvalue weighted by Gasteiger charge is -2.15. The first-order chi connectivity index (χ1) is 7.27. The Morgan fingerprint density at radius 3 is 3.00 bits per heavy atom. The zero-order valence-electron chi connectivity index (χ0n) is 8.47. The van der Waals surface area contributed by atoms with Gasteiger partial charge in [0.15, 0.2) is 0 Å². The molecule has 2 aromatic heterocycles. The molecule has 1 atom stereocenters. The first-order valence-corrected chi connectivity index (χ1v) is 5.70. The highest BCUT2D eigenvalue weighted by atomic mass is 32.1. The van der Waals surface area contributed by atoms with Crippen molar-refractivity contribution in [2.75, 3.05) is 11.1 Å². The van der Waals surface area contributed by atoms with E-state index < -0.39 is 0 Å². The number of hydrogen-bond donors (Lipinski definition) is 2. The summed E-state index contributed by atoms with van der Waals surface area (Å²) in [6.45, 7) is 2.11. The van der Waals surface area contributed by atoms with Gasteiger partial charge in [-0.25, -0.2) is 0 Å². The summed E-state index contributed by atoms with van der Waals surface area (Å²) in [6.07, 6.45) is 3.39. The average Bonchev–Trinajstić information content (AvgIpc) is 2.74. The Labute approximate surface area is 93.0 Å². The highest BCUT2D eigenvalue weighted by Crippen LogP contribution is 2.24. The van der Waals surface area contributed by atoms with E-state index in [0.29, 0.717) is 5.69 Å². The predicted octanol–water partition coefficient (Wildman–Crippen LogP) is 2.90. The molecular formula is C11H13N3S. The summed E-state index contributed by atoms with van der Waals surface area (Å²) in [7, 11) is 0. The number of anilines is 2. The van der Waals surface area contributed by atoms with Crippen molar-refractivity contribution >= 4 is 22.7 Å². The van der Waals surface area contributed by atoms with E-state index in [0.717, 1.165) is 5.69 Å². The second-order valence-electron chi connectivity index (χ2n) is 3.39. The molecule has 2 heterocycles. The molecule has 3 N–H and O–H groups in total. The van der Waals surface area contributed by atoms with Crippen LogP contribution in [0.15, 0.2) is 35.3 Å². The van der Waals surface area contributed by atoms with Gasteiger partial charge in [0.05, 0.1) is 17.6 Å². The second kappa shape index (κ2) is 4.31. The topological polar surface area (TPSA) is 50.9 Å². The molecule has 0 saturated carbocycles. The fraction of sp³-hybridized carbons (Fsp3) is 0.182. The van der Waals surface area contributed by atoms with E-state index in [1.54, 1.807) is 23.7 Å². The molecule has 0 aliphatic rings. The van der Waals surface area contributed by atoms with Crippen LogP contribution in [0.25, 0.3) is 0 Å². The summed E-state index contributed by atoms with van der Waals surface area (Å²) < 4.78 is 0. The van der Waals surface area contributed by atoms with Gasteiger partial charge in [0.2, 0.25) is 0 Å². The second-order valence-corrected chi connectivity index (χ2v) is 4.17. The lowest BCUT2D eigenvalue weighted by atomic mass is 10.2. The quantitative estimate of drug-likeness (QED) is 0.834. The van der Waals surface area contributed by atoms with E-state index in [4.69, 9.17) is 5.73 Å². The maximum Gasteiger partial charge on any atom is 0.0736 e. The van der Waals surface area contributed by atoms with Crippen LogP contribution in [0, 0.1) is 0 Å². The molecule has 0 radical (unpaired) electrons. The molecule has 0 spiro atoms. The van der Waals surface area contributed by atoms with E-state index in [2.05, 4.69) is 34.1 Å². The summed E-state index contributed by atoms with van der Waals surface area (Å²) >= 11 is 1.70. The number of thiophene rings is 1. The van der Waals surface area contributed by atoms with Gasteiger partial charge in [0, 0.05) is 12.2 Å². The zero-order chi connectivity index (χ0) is 10.7. The van der Waals surface area contributed by atoms with Crippen LogP contribution < -0.4 is 11.1 Å². The smallest absolute Gasteiger partial charge is 0.0736 e. The van der Waals surface area contributed by atoms with Crippen molar-refractivity contribution in [1.29, 1.82) is 0 Å². The van der Waals surface area contributed by atoms with Gasteiger partial charge < -0.3 is 11.1 Å². The van der Waals surface area contributed by atoms with E-state index in [1.807, 2.05) is 6.07 Å². The number of nitrogens with one attached hydrogen (secondary N) is 1. The third kappa shape index (κ3) is 2.27. The van der Waals surface area contributed by atoms with E-state index >= 15 is 0 Å². The highest BCUT2D eigenvalue weighted by molar-refractivity contribution is 7.07. The van der Waals surface area contributed by atoms with Gasteiger partial charge in [0.25, 0.3) is 0 Å². The van der Waals surface area contributed by atoms with Gasteiger partial charge in [-0.3, -0.25) is 4.98 Å². The van der Waals surface area contributed by atoms with Crippen molar-refractivity contribution in [1.82, 2.24) is 4.98 Å². The van der Waals surface area contributed by atoms with Crippen molar-refractivity contribution in [3.05, 3.63) is 40.8 Å². The average molecular weight is 219 g/mol. The van der Waals surface area contributed by atoms with Crippen LogP contribution >= 0.6 is 11.3 Å². The van der Waals surface area contributed by atoms with E-state index in [1.165, 1.54) is 5.56 Å². The molecule has 0 amide bonds. The summed E-state index contributed by atoms with van der Waals surface area (Å²) in [6, 6.07) is 4.26. The number of nitrogens with zero attached hydrogens (tertiary/aromatic N) is 1. The van der Waals surface area contributed by atoms with Gasteiger partial charge in [-0.05, 0) is 35.4 Å². The maximum absolute atomic E-state index is 5.80. The number of pyridine rings is 1. The number of aromatic nitrogens is 1. The van der Waals surface area contributed by atoms with Crippen LogP contribution in [0.3, 0.4) is 0 Å². The molecule has 3 nitrogen and oxygen atoms in total. The summed E-state index contributed by atoms with van der Waals surface area (Å²) in [5, 5.41) is 7.56. The number of nitrogens with two attached hydrogens (primary N) is 1. The molecule has 2 rings (SSSR count). The minimum Gasteiger partial charge on any atom is -0.396 e. The molecule has 0 aliphatic heterocycles. The number of nitrogen functional groups attached to an aromatic ring is 1. The van der Waals surface area contributed by atoms with Crippen LogP contribution in [0.1, 0.15) is 18.5 Å². The van der Waals surface area contributed by atoms with Crippen molar-refractivity contribution in [3.8, 4) is 0 Å². The van der Waals surface area contributed by atoms with Crippen molar-refractivity contribution in [3.63, 3.8) is 0 Å². The largest absolute Gasteiger partial charge is 0.396 e. The Balaban J connectivity index is 2.13. The van der Waals surface area contributed by atoms with E-state index in [-0.39, 0.29) is 6.04 Å². The van der Waals surface area contributed by atoms with Crippen LogP contribution in [0.4, 0.5) is 11.4 Å². The first-order valence-electron chi connectivity index (χ1n) is 4.75. The Kier molecular flexibility index (Phi) is 2.87. The SMILES string of the molecule is CC(Nc1ccncc1N)c1ccsc1. The molecule has 15 heavy (non-hydrogen) atoms. The van der Waals surface area contributed by atoms with E-state index in [9.17, 15) is 0 Å². The van der Waals surface area contributed by atoms with Crippen LogP contribution in [-0.4, -0.2) is 4.98 Å². The summed E-state index contributed by atoms with van der Waals surface area (Å²) in [5.41, 5.74) is 8.69. The molecule has 2 aromatic rings. The van der Waals surface area contributed by atoms with Crippen molar-refractivity contribution in [2.24, 2.45) is 0 Å². The molecule has 0 aliphatic carbocycles.